The lowest BCUT2D eigenvalue weighted by atomic mass is 9.79. The predicted molar refractivity (Wildman–Crippen MR) is 207 cm³/mol. The average molecular weight is 734 g/mol. The van der Waals surface area contributed by atoms with Crippen LogP contribution in [0.2, 0.25) is 0 Å². The van der Waals surface area contributed by atoms with Crippen LogP contribution in [0.4, 0.5) is 8.78 Å². The lowest BCUT2D eigenvalue weighted by Gasteiger charge is -2.47. The highest BCUT2D eigenvalue weighted by Crippen LogP contribution is 2.38. The number of nitrogens with two attached hydrogens (primary N) is 1. The number of benzene rings is 1. The van der Waals surface area contributed by atoms with Gasteiger partial charge in [-0.25, -0.2) is 8.78 Å². The summed E-state index contributed by atoms with van der Waals surface area (Å²) in [4.78, 5) is 26.4. The van der Waals surface area contributed by atoms with E-state index in [1.165, 1.54) is 23.2 Å². The molecule has 1 aromatic carbocycles. The number of halogens is 2. The summed E-state index contributed by atoms with van der Waals surface area (Å²) in [6.07, 6.45) is 9.15. The molecule has 11 heteroatoms. The SMILES string of the molecule is NCCCCN(C[C@H]1CN(CC[C@H](CC(=O)C2CCC(F)(F)CC2)c2ccccc2)CCN1CC1COC1)[C@H]1CCCc2cccnc21.S.S. The van der Waals surface area contributed by atoms with E-state index in [-0.39, 0.29) is 57.5 Å². The molecular formula is C39H61F2N5O2S2. The van der Waals surface area contributed by atoms with Gasteiger partial charge in [0.25, 0.3) is 0 Å². The number of aryl methyl sites for hydroxylation is 1. The van der Waals surface area contributed by atoms with Gasteiger partial charge in [-0.1, -0.05) is 36.4 Å². The molecule has 6 rings (SSSR count). The molecule has 3 atom stereocenters. The topological polar surface area (TPSA) is 74.9 Å². The standard InChI is InChI=1S/C39H57F2N5O2.2H2S/c40-39(41)16-13-32(14-17-39)37(47)24-34(31-8-2-1-3-9-31)15-21-44-22-23-45(25-30-28-48-29-30)35(26-44)27-46(20-5-4-18-42)36-12-6-10-33-11-7-19-43-38(33)36;;/h1-3,7-9,11,19,30,32,34-36H,4-6,10,12-18,20-29,42H2;2*1H2/t34-,35-,36+;;/m1../s1. The van der Waals surface area contributed by atoms with Crippen LogP contribution in [0.15, 0.2) is 48.7 Å². The zero-order chi connectivity index (χ0) is 33.3. The van der Waals surface area contributed by atoms with E-state index in [0.29, 0.717) is 37.3 Å². The molecule has 0 bridgehead atoms. The summed E-state index contributed by atoms with van der Waals surface area (Å²) in [7, 11) is 0. The van der Waals surface area contributed by atoms with Crippen molar-refractivity contribution in [3.8, 4) is 0 Å². The zero-order valence-electron chi connectivity index (χ0n) is 29.8. The molecule has 0 amide bonds. The van der Waals surface area contributed by atoms with E-state index >= 15 is 0 Å². The molecule has 1 aromatic heterocycles. The monoisotopic (exact) mass is 733 g/mol. The molecule has 2 aliphatic carbocycles. The normalized spacial score (nSPS) is 23.7. The molecule has 4 aliphatic rings. The first-order valence-electron chi connectivity index (χ1n) is 18.8. The maximum absolute atomic E-state index is 13.8. The molecule has 50 heavy (non-hydrogen) atoms. The molecule has 0 radical (unpaired) electrons. The summed E-state index contributed by atoms with van der Waals surface area (Å²) in [5, 5.41) is 0. The summed E-state index contributed by atoms with van der Waals surface area (Å²) < 4.78 is 33.3. The Morgan fingerprint density at radius 3 is 2.54 bits per heavy atom. The van der Waals surface area contributed by atoms with Crippen molar-refractivity contribution in [2.75, 3.05) is 65.6 Å². The van der Waals surface area contributed by atoms with E-state index in [4.69, 9.17) is 15.5 Å². The summed E-state index contributed by atoms with van der Waals surface area (Å²) in [5.74, 6) is -1.97. The second-order valence-corrected chi connectivity index (χ2v) is 15.0. The minimum atomic E-state index is -2.61. The third kappa shape index (κ3) is 11.2. The first-order chi connectivity index (χ1) is 23.4. The number of hydrogen-bond donors (Lipinski definition) is 1. The summed E-state index contributed by atoms with van der Waals surface area (Å²) in [5.41, 5.74) is 9.79. The Hall–Kier alpha value is -1.60. The number of Topliss-reactive ketones (excluding diaryl/α,β-unsaturated/α-hetero) is 1. The van der Waals surface area contributed by atoms with Gasteiger partial charge in [0, 0.05) is 76.1 Å². The number of ether oxygens (including phenoxy) is 1. The van der Waals surface area contributed by atoms with Crippen molar-refractivity contribution < 1.29 is 18.3 Å². The van der Waals surface area contributed by atoms with E-state index in [0.717, 1.165) is 97.7 Å². The highest BCUT2D eigenvalue weighted by molar-refractivity contribution is 7.59. The number of nitrogens with zero attached hydrogens (tertiary/aromatic N) is 4. The second kappa shape index (κ2) is 20.0. The van der Waals surface area contributed by atoms with Crippen LogP contribution in [0.3, 0.4) is 0 Å². The fourth-order valence-electron chi connectivity index (χ4n) is 8.56. The molecule has 0 spiro atoms. The highest BCUT2D eigenvalue weighted by Gasteiger charge is 2.38. The van der Waals surface area contributed by atoms with Crippen molar-refractivity contribution in [3.63, 3.8) is 0 Å². The number of hydrogen-bond acceptors (Lipinski definition) is 7. The van der Waals surface area contributed by atoms with E-state index in [1.54, 1.807) is 0 Å². The molecule has 2 aromatic rings. The van der Waals surface area contributed by atoms with Crippen LogP contribution in [-0.4, -0.2) is 103 Å². The number of piperazine rings is 1. The molecule has 1 saturated carbocycles. The number of fused-ring (bicyclic) bond motifs is 1. The molecular weight excluding hydrogens is 673 g/mol. The molecule has 2 N–H and O–H groups in total. The van der Waals surface area contributed by atoms with Gasteiger partial charge in [0.1, 0.15) is 5.78 Å². The lowest BCUT2D eigenvalue weighted by Crippen LogP contribution is -2.59. The van der Waals surface area contributed by atoms with Crippen molar-refractivity contribution in [1.29, 1.82) is 0 Å². The van der Waals surface area contributed by atoms with Crippen LogP contribution < -0.4 is 5.73 Å². The van der Waals surface area contributed by atoms with Crippen molar-refractivity contribution in [1.82, 2.24) is 19.7 Å². The zero-order valence-corrected chi connectivity index (χ0v) is 31.8. The maximum atomic E-state index is 13.8. The van der Waals surface area contributed by atoms with Crippen LogP contribution in [-0.2, 0) is 16.0 Å². The van der Waals surface area contributed by atoms with Gasteiger partial charge in [-0.2, -0.15) is 27.0 Å². The molecule has 3 heterocycles. The van der Waals surface area contributed by atoms with Crippen LogP contribution in [0.1, 0.15) is 93.0 Å². The molecule has 2 saturated heterocycles. The Morgan fingerprint density at radius 2 is 1.82 bits per heavy atom. The van der Waals surface area contributed by atoms with Crippen molar-refractivity contribution in [2.24, 2.45) is 17.6 Å². The molecule has 7 nitrogen and oxygen atoms in total. The van der Waals surface area contributed by atoms with Gasteiger partial charge in [-0.05, 0) is 94.1 Å². The van der Waals surface area contributed by atoms with Crippen LogP contribution in [0.25, 0.3) is 0 Å². The van der Waals surface area contributed by atoms with Gasteiger partial charge in [0.2, 0.25) is 5.92 Å². The smallest absolute Gasteiger partial charge is 0.248 e. The predicted octanol–water partition coefficient (Wildman–Crippen LogP) is 6.32. The van der Waals surface area contributed by atoms with E-state index in [1.807, 2.05) is 24.4 Å². The molecule has 3 fully saturated rings. The lowest BCUT2D eigenvalue weighted by molar-refractivity contribution is -0.127. The second-order valence-electron chi connectivity index (χ2n) is 15.0. The van der Waals surface area contributed by atoms with Gasteiger partial charge in [0.15, 0.2) is 0 Å². The van der Waals surface area contributed by atoms with E-state index in [2.05, 4.69) is 39.0 Å². The van der Waals surface area contributed by atoms with Crippen LogP contribution >= 0.6 is 27.0 Å². The van der Waals surface area contributed by atoms with Gasteiger partial charge in [-0.3, -0.25) is 19.6 Å². The highest BCUT2D eigenvalue weighted by atomic mass is 32.1. The summed E-state index contributed by atoms with van der Waals surface area (Å²) >= 11 is 0. The third-order valence-electron chi connectivity index (χ3n) is 11.5. The van der Waals surface area contributed by atoms with Crippen molar-refractivity contribution in [2.45, 2.75) is 94.6 Å². The molecule has 2 aliphatic heterocycles. The Labute approximate surface area is 313 Å². The van der Waals surface area contributed by atoms with Gasteiger partial charge < -0.3 is 15.4 Å². The number of carbonyl (C=O) groups is 1. The first-order valence-corrected chi connectivity index (χ1v) is 18.8. The Bertz CT molecular complexity index is 1300. The first kappa shape index (κ1) is 41.2. The molecule has 0 unspecified atom stereocenters. The maximum Gasteiger partial charge on any atom is 0.248 e. The minimum Gasteiger partial charge on any atom is -0.381 e. The van der Waals surface area contributed by atoms with Gasteiger partial charge in [0.05, 0.1) is 24.9 Å². The van der Waals surface area contributed by atoms with Crippen molar-refractivity contribution >= 4 is 32.8 Å². The summed E-state index contributed by atoms with van der Waals surface area (Å²) in [6.45, 7) is 9.51. The molecule has 280 valence electrons. The van der Waals surface area contributed by atoms with Gasteiger partial charge in [-0.15, -0.1) is 0 Å². The Kier molecular flexibility index (Phi) is 16.5. The largest absolute Gasteiger partial charge is 0.381 e. The Balaban J connectivity index is 0.00000281. The van der Waals surface area contributed by atoms with Crippen LogP contribution in [0, 0.1) is 11.8 Å². The van der Waals surface area contributed by atoms with Gasteiger partial charge >= 0.3 is 0 Å². The number of pyridine rings is 1. The van der Waals surface area contributed by atoms with E-state index in [9.17, 15) is 13.6 Å². The number of alkyl halides is 2. The number of aromatic nitrogens is 1. The van der Waals surface area contributed by atoms with E-state index < -0.39 is 5.92 Å². The number of ketones is 1. The quantitative estimate of drug-likeness (QED) is 0.203. The third-order valence-corrected chi connectivity index (χ3v) is 11.5. The fraction of sp³-hybridized carbons (Fsp3) is 0.692. The Morgan fingerprint density at radius 1 is 1.04 bits per heavy atom. The minimum absolute atomic E-state index is 0. The number of rotatable bonds is 16. The number of unbranched alkanes of at least 4 members (excludes halogenated alkanes) is 1. The number of carbonyl (C=O) groups excluding carboxylic acids is 1. The summed E-state index contributed by atoms with van der Waals surface area (Å²) in [6, 6.07) is 15.4. The average Bonchev–Trinajstić information content (AvgIpc) is 3.08. The fourth-order valence-corrected chi connectivity index (χ4v) is 8.56. The van der Waals surface area contributed by atoms with Crippen molar-refractivity contribution in [3.05, 3.63) is 65.5 Å². The van der Waals surface area contributed by atoms with Crippen LogP contribution in [0.5, 0.6) is 0 Å².